The van der Waals surface area contributed by atoms with Gasteiger partial charge in [0.1, 0.15) is 5.75 Å². The molecule has 188 valence electrons. The van der Waals surface area contributed by atoms with Crippen LogP contribution < -0.4 is 19.7 Å². The fraction of sp³-hybridized carbons (Fsp3) is 0.259. The van der Waals surface area contributed by atoms with Crippen LogP contribution in [0.5, 0.6) is 5.75 Å². The number of hydrogen-bond donors (Lipinski definition) is 2. The second-order valence-corrected chi connectivity index (χ2v) is 10.4. The predicted octanol–water partition coefficient (Wildman–Crippen LogP) is 3.95. The number of nitrogens with zero attached hydrogens (tertiary/aromatic N) is 1. The van der Waals surface area contributed by atoms with Crippen molar-refractivity contribution >= 4 is 33.2 Å². The van der Waals surface area contributed by atoms with Crippen LogP contribution in [-0.4, -0.2) is 39.4 Å². The van der Waals surface area contributed by atoms with E-state index in [1.54, 1.807) is 72.8 Å². The van der Waals surface area contributed by atoms with Crippen LogP contribution in [0.4, 0.5) is 11.4 Å². The Morgan fingerprint density at radius 2 is 1.67 bits per heavy atom. The molecule has 1 atom stereocenters. The molecule has 0 aromatic heterocycles. The number of carbonyl (C=O) groups is 2. The maximum absolute atomic E-state index is 13.4. The van der Waals surface area contributed by atoms with Gasteiger partial charge in [0.15, 0.2) is 6.10 Å². The maximum Gasteiger partial charge on any atom is 0.267 e. The summed E-state index contributed by atoms with van der Waals surface area (Å²) in [5, 5.41) is 5.60. The number of ether oxygens (including phenoxy) is 1. The first-order chi connectivity index (χ1) is 17.4. The smallest absolute Gasteiger partial charge is 0.267 e. The van der Waals surface area contributed by atoms with Gasteiger partial charge in [-0.3, -0.25) is 13.9 Å². The Balaban J connectivity index is 1.56. The van der Waals surface area contributed by atoms with Gasteiger partial charge in [-0.15, -0.1) is 0 Å². The molecule has 0 aliphatic carbocycles. The summed E-state index contributed by atoms with van der Waals surface area (Å²) >= 11 is 0. The van der Waals surface area contributed by atoms with Crippen LogP contribution in [0.2, 0.25) is 0 Å². The van der Waals surface area contributed by atoms with Crippen LogP contribution in [0.1, 0.15) is 35.7 Å². The molecule has 0 fully saturated rings. The van der Waals surface area contributed by atoms with Crippen molar-refractivity contribution in [3.8, 4) is 5.75 Å². The summed E-state index contributed by atoms with van der Waals surface area (Å²) in [5.74, 6) is -0.747. The molecule has 36 heavy (non-hydrogen) atoms. The zero-order chi connectivity index (χ0) is 25.5. The minimum atomic E-state index is -3.81. The lowest BCUT2D eigenvalue weighted by Crippen LogP contribution is -2.49. The number of para-hydroxylation sites is 3. The van der Waals surface area contributed by atoms with E-state index in [9.17, 15) is 18.0 Å². The van der Waals surface area contributed by atoms with Gasteiger partial charge in [0.25, 0.3) is 11.8 Å². The average molecular weight is 508 g/mol. The van der Waals surface area contributed by atoms with Gasteiger partial charge >= 0.3 is 0 Å². The molecule has 1 aliphatic rings. The fourth-order valence-electron chi connectivity index (χ4n) is 3.94. The summed E-state index contributed by atoms with van der Waals surface area (Å²) in [6.07, 6.45) is 0.688. The lowest BCUT2D eigenvalue weighted by atomic mass is 10.1. The number of benzene rings is 3. The standard InChI is InChI=1S/C27H29N3O5S/c1-2-3-17-28-26(31)21-13-7-8-14-22(21)29-27(32)25-18-30(23-15-9-10-16-24(23)35-25)36(33,34)19-20-11-5-4-6-12-20/h4-16,25H,2-3,17-19H2,1H3,(H,28,31)(H,29,32)/t25-/m0/s1. The lowest BCUT2D eigenvalue weighted by molar-refractivity contribution is -0.122. The van der Waals surface area contributed by atoms with Crippen molar-refractivity contribution in [1.82, 2.24) is 5.32 Å². The number of amides is 2. The van der Waals surface area contributed by atoms with E-state index in [1.165, 1.54) is 4.31 Å². The predicted molar refractivity (Wildman–Crippen MR) is 140 cm³/mol. The number of rotatable bonds is 9. The number of carbonyl (C=O) groups excluding carboxylic acids is 2. The first-order valence-corrected chi connectivity index (χ1v) is 13.5. The highest BCUT2D eigenvalue weighted by molar-refractivity contribution is 7.92. The minimum Gasteiger partial charge on any atom is -0.476 e. The highest BCUT2D eigenvalue weighted by Crippen LogP contribution is 2.36. The van der Waals surface area contributed by atoms with E-state index >= 15 is 0 Å². The third-order valence-corrected chi connectivity index (χ3v) is 7.52. The normalized spacial score (nSPS) is 14.9. The summed E-state index contributed by atoms with van der Waals surface area (Å²) in [4.78, 5) is 25.9. The topological polar surface area (TPSA) is 105 Å². The molecule has 0 saturated heterocycles. The number of sulfonamides is 1. The van der Waals surface area contributed by atoms with Gasteiger partial charge in [-0.2, -0.15) is 0 Å². The van der Waals surface area contributed by atoms with Crippen LogP contribution in [0, 0.1) is 0 Å². The largest absolute Gasteiger partial charge is 0.476 e. The molecule has 3 aromatic rings. The van der Waals surface area contributed by atoms with Crippen molar-refractivity contribution in [3.05, 3.63) is 90.0 Å². The van der Waals surface area contributed by atoms with Gasteiger partial charge in [-0.1, -0.05) is 67.9 Å². The average Bonchev–Trinajstić information content (AvgIpc) is 2.88. The molecule has 1 aliphatic heterocycles. The zero-order valence-corrected chi connectivity index (χ0v) is 20.8. The monoisotopic (exact) mass is 507 g/mol. The fourth-order valence-corrected chi connectivity index (χ4v) is 5.52. The highest BCUT2D eigenvalue weighted by atomic mass is 32.2. The summed E-state index contributed by atoms with van der Waals surface area (Å²) in [5.41, 5.74) is 1.68. The van der Waals surface area contributed by atoms with E-state index < -0.39 is 22.0 Å². The Morgan fingerprint density at radius 1 is 0.972 bits per heavy atom. The van der Waals surface area contributed by atoms with Crippen LogP contribution in [0.3, 0.4) is 0 Å². The van der Waals surface area contributed by atoms with Crippen LogP contribution in [0.25, 0.3) is 0 Å². The molecule has 3 aromatic carbocycles. The molecule has 0 bridgehead atoms. The molecule has 0 saturated carbocycles. The van der Waals surface area contributed by atoms with E-state index in [2.05, 4.69) is 10.6 Å². The molecule has 0 unspecified atom stereocenters. The van der Waals surface area contributed by atoms with Crippen molar-refractivity contribution in [2.24, 2.45) is 0 Å². The van der Waals surface area contributed by atoms with Gasteiger partial charge in [0.05, 0.1) is 29.2 Å². The molecule has 0 radical (unpaired) electrons. The molecule has 2 amide bonds. The highest BCUT2D eigenvalue weighted by Gasteiger charge is 2.37. The summed E-state index contributed by atoms with van der Waals surface area (Å²) in [6.45, 7) is 2.38. The number of hydrogen-bond acceptors (Lipinski definition) is 5. The minimum absolute atomic E-state index is 0.192. The van der Waals surface area contributed by atoms with E-state index in [4.69, 9.17) is 4.74 Å². The van der Waals surface area contributed by atoms with E-state index in [0.29, 0.717) is 34.8 Å². The SMILES string of the molecule is CCCCNC(=O)c1ccccc1NC(=O)[C@@H]1CN(S(=O)(=O)Cc2ccccc2)c2ccccc2O1. The molecule has 9 heteroatoms. The summed E-state index contributed by atoms with van der Waals surface area (Å²) < 4.78 is 33.9. The van der Waals surface area contributed by atoms with Crippen molar-refractivity contribution in [2.45, 2.75) is 31.6 Å². The number of unbranched alkanes of at least 4 members (excludes halogenated alkanes) is 1. The van der Waals surface area contributed by atoms with E-state index in [0.717, 1.165) is 12.8 Å². The lowest BCUT2D eigenvalue weighted by Gasteiger charge is -2.34. The van der Waals surface area contributed by atoms with Gasteiger partial charge in [-0.05, 0) is 36.2 Å². The van der Waals surface area contributed by atoms with Crippen molar-refractivity contribution in [1.29, 1.82) is 0 Å². The van der Waals surface area contributed by atoms with Crippen LogP contribution >= 0.6 is 0 Å². The number of fused-ring (bicyclic) bond motifs is 1. The van der Waals surface area contributed by atoms with Gasteiger partial charge < -0.3 is 15.4 Å². The first kappa shape index (κ1) is 25.2. The second kappa shape index (κ2) is 11.3. The number of nitrogens with one attached hydrogen (secondary N) is 2. The Kier molecular flexibility index (Phi) is 7.90. The van der Waals surface area contributed by atoms with E-state index in [-0.39, 0.29) is 18.2 Å². The molecular formula is C27H29N3O5S. The molecule has 1 heterocycles. The zero-order valence-electron chi connectivity index (χ0n) is 20.0. The summed E-state index contributed by atoms with van der Waals surface area (Å²) in [7, 11) is -3.81. The van der Waals surface area contributed by atoms with Crippen LogP contribution in [-0.2, 0) is 20.6 Å². The van der Waals surface area contributed by atoms with Gasteiger partial charge in [0, 0.05) is 6.54 Å². The maximum atomic E-state index is 13.4. The van der Waals surface area contributed by atoms with Crippen molar-refractivity contribution in [2.75, 3.05) is 22.7 Å². The molecule has 8 nitrogen and oxygen atoms in total. The first-order valence-electron chi connectivity index (χ1n) is 11.9. The molecule has 0 spiro atoms. The van der Waals surface area contributed by atoms with Gasteiger partial charge in [-0.25, -0.2) is 8.42 Å². The Hall–Kier alpha value is -3.85. The molecular weight excluding hydrogens is 478 g/mol. The van der Waals surface area contributed by atoms with Crippen molar-refractivity contribution < 1.29 is 22.7 Å². The van der Waals surface area contributed by atoms with E-state index in [1.807, 2.05) is 13.0 Å². The Bertz CT molecular complexity index is 1330. The number of anilines is 2. The second-order valence-electron chi connectivity index (χ2n) is 8.49. The third-order valence-electron chi connectivity index (χ3n) is 5.80. The summed E-state index contributed by atoms with van der Waals surface area (Å²) in [6, 6.07) is 22.3. The molecule has 4 rings (SSSR count). The third kappa shape index (κ3) is 5.85. The quantitative estimate of drug-likeness (QED) is 0.427. The Labute approximate surface area is 211 Å². The molecule has 2 N–H and O–H groups in total. The van der Waals surface area contributed by atoms with Crippen LogP contribution in [0.15, 0.2) is 78.9 Å². The van der Waals surface area contributed by atoms with Gasteiger partial charge in [0.2, 0.25) is 10.0 Å². The Morgan fingerprint density at radius 3 is 2.44 bits per heavy atom. The van der Waals surface area contributed by atoms with Crippen molar-refractivity contribution in [3.63, 3.8) is 0 Å².